The molecule has 2 heterocycles. The summed E-state index contributed by atoms with van der Waals surface area (Å²) in [6.45, 7) is 1.06. The van der Waals surface area contributed by atoms with Crippen LogP contribution in [0.4, 0.5) is 0 Å². The molecule has 2 amide bonds. The van der Waals surface area contributed by atoms with Gasteiger partial charge in [-0.15, -0.1) is 0 Å². The average molecular weight is 424 g/mol. The van der Waals surface area contributed by atoms with E-state index in [1.54, 1.807) is 12.5 Å². The predicted molar refractivity (Wildman–Crippen MR) is 119 cm³/mol. The van der Waals surface area contributed by atoms with Crippen LogP contribution in [0.1, 0.15) is 56.2 Å². The average Bonchev–Trinajstić information content (AvgIpc) is 3.33. The minimum absolute atomic E-state index is 0.0658. The standard InChI is InChI=1S/C24H33N5O2/c25-21(15-20-16-26-17-27-20)22(30)29-13-11-24(12-14-29,18-7-3-1-4-8-18)23(31)28-19-9-5-2-6-10-19/h1,3-4,7-8,16-17,19,21H,2,5-6,9-15,25H2,(H,26,27)(H,28,31)/t21-/m0/s1. The number of likely N-dealkylation sites (tertiary alicyclic amines) is 1. The van der Waals surface area contributed by atoms with Crippen molar-refractivity contribution in [3.05, 3.63) is 54.1 Å². The number of rotatable bonds is 6. The van der Waals surface area contributed by atoms with Crippen LogP contribution < -0.4 is 11.1 Å². The second-order valence-electron chi connectivity index (χ2n) is 8.97. The summed E-state index contributed by atoms with van der Waals surface area (Å²) in [4.78, 5) is 35.3. The van der Waals surface area contributed by atoms with Gasteiger partial charge in [-0.25, -0.2) is 4.98 Å². The molecule has 2 aliphatic rings. The lowest BCUT2D eigenvalue weighted by molar-refractivity contribution is -0.138. The number of aromatic amines is 1. The maximum absolute atomic E-state index is 13.6. The van der Waals surface area contributed by atoms with Crippen LogP contribution in [0.5, 0.6) is 0 Å². The lowest BCUT2D eigenvalue weighted by Crippen LogP contribution is -2.56. The number of imidazole rings is 1. The molecule has 1 atom stereocenters. The van der Waals surface area contributed by atoms with Crippen LogP contribution in [0, 0.1) is 0 Å². The third-order valence-electron chi connectivity index (χ3n) is 6.94. The van der Waals surface area contributed by atoms with Crippen molar-refractivity contribution in [2.45, 2.75) is 68.9 Å². The summed E-state index contributed by atoms with van der Waals surface area (Å²) in [5.74, 6) is 0.0448. The minimum atomic E-state index is -0.610. The molecule has 2 fully saturated rings. The van der Waals surface area contributed by atoms with Crippen molar-refractivity contribution in [3.8, 4) is 0 Å². The Morgan fingerprint density at radius 2 is 1.87 bits per heavy atom. The molecule has 0 radical (unpaired) electrons. The quantitative estimate of drug-likeness (QED) is 0.663. The van der Waals surface area contributed by atoms with Crippen LogP contribution in [0.3, 0.4) is 0 Å². The van der Waals surface area contributed by atoms with Gasteiger partial charge in [0, 0.05) is 37.4 Å². The number of amides is 2. The number of carbonyl (C=O) groups excluding carboxylic acids is 2. The molecule has 7 heteroatoms. The molecule has 1 saturated heterocycles. The van der Waals surface area contributed by atoms with Crippen molar-refractivity contribution >= 4 is 11.8 Å². The number of H-pyrrole nitrogens is 1. The van der Waals surface area contributed by atoms with Crippen molar-refractivity contribution in [2.75, 3.05) is 13.1 Å². The molecular weight excluding hydrogens is 390 g/mol. The first kappa shape index (κ1) is 21.6. The van der Waals surface area contributed by atoms with E-state index in [1.165, 1.54) is 19.3 Å². The molecule has 1 aromatic heterocycles. The molecule has 0 spiro atoms. The molecule has 0 unspecified atom stereocenters. The number of benzene rings is 1. The van der Waals surface area contributed by atoms with Crippen LogP contribution in [0.2, 0.25) is 0 Å². The Morgan fingerprint density at radius 3 is 2.52 bits per heavy atom. The Balaban J connectivity index is 1.45. The maximum Gasteiger partial charge on any atom is 0.239 e. The number of aromatic nitrogens is 2. The van der Waals surface area contributed by atoms with E-state index in [-0.39, 0.29) is 17.9 Å². The van der Waals surface area contributed by atoms with Gasteiger partial charge in [0.05, 0.1) is 17.8 Å². The largest absolute Gasteiger partial charge is 0.353 e. The van der Waals surface area contributed by atoms with Crippen molar-refractivity contribution in [3.63, 3.8) is 0 Å². The summed E-state index contributed by atoms with van der Waals surface area (Å²) in [7, 11) is 0. The Kier molecular flexibility index (Phi) is 6.70. The Bertz CT molecular complexity index is 853. The maximum atomic E-state index is 13.6. The summed E-state index contributed by atoms with van der Waals surface area (Å²) in [5.41, 5.74) is 7.48. The fraction of sp³-hybridized carbons (Fsp3) is 0.542. The van der Waals surface area contributed by atoms with E-state index in [0.29, 0.717) is 32.4 Å². The van der Waals surface area contributed by atoms with E-state index >= 15 is 0 Å². The van der Waals surface area contributed by atoms with E-state index in [2.05, 4.69) is 15.3 Å². The van der Waals surface area contributed by atoms with Gasteiger partial charge < -0.3 is 20.9 Å². The number of nitrogens with one attached hydrogen (secondary N) is 2. The molecule has 0 bridgehead atoms. The normalized spacial score (nSPS) is 20.2. The first-order valence-corrected chi connectivity index (χ1v) is 11.5. The Labute approximate surface area is 183 Å². The highest BCUT2D eigenvalue weighted by atomic mass is 16.2. The summed E-state index contributed by atoms with van der Waals surface area (Å²) in [6, 6.07) is 9.70. The number of carbonyl (C=O) groups is 2. The lowest BCUT2D eigenvalue weighted by atomic mass is 9.71. The van der Waals surface area contributed by atoms with Gasteiger partial charge >= 0.3 is 0 Å². The van der Waals surface area contributed by atoms with Gasteiger partial charge in [-0.05, 0) is 31.2 Å². The molecule has 7 nitrogen and oxygen atoms in total. The van der Waals surface area contributed by atoms with Crippen molar-refractivity contribution in [1.82, 2.24) is 20.2 Å². The van der Waals surface area contributed by atoms with Crippen molar-refractivity contribution < 1.29 is 9.59 Å². The molecule has 1 aromatic carbocycles. The van der Waals surface area contributed by atoms with E-state index in [4.69, 9.17) is 5.73 Å². The SMILES string of the molecule is N[C@@H](Cc1cnc[nH]1)C(=O)N1CCC(C(=O)NC2CCCCC2)(c2ccccc2)CC1. The topological polar surface area (TPSA) is 104 Å². The smallest absolute Gasteiger partial charge is 0.239 e. The molecule has 1 aliphatic heterocycles. The van der Waals surface area contributed by atoms with Crippen molar-refractivity contribution in [1.29, 1.82) is 0 Å². The molecule has 4 N–H and O–H groups in total. The third-order valence-corrected chi connectivity index (χ3v) is 6.94. The zero-order chi connectivity index (χ0) is 21.7. The van der Waals surface area contributed by atoms with Gasteiger partial charge in [-0.1, -0.05) is 49.6 Å². The number of nitrogens with zero attached hydrogens (tertiary/aromatic N) is 2. The first-order chi connectivity index (χ1) is 15.1. The first-order valence-electron chi connectivity index (χ1n) is 11.5. The number of hydrogen-bond acceptors (Lipinski definition) is 4. The van der Waals surface area contributed by atoms with Gasteiger partial charge in [0.15, 0.2) is 0 Å². The molecular formula is C24H33N5O2. The Hall–Kier alpha value is -2.67. The second-order valence-corrected chi connectivity index (χ2v) is 8.97. The Morgan fingerprint density at radius 1 is 1.16 bits per heavy atom. The number of hydrogen-bond donors (Lipinski definition) is 3. The van der Waals surface area contributed by atoms with E-state index in [9.17, 15) is 9.59 Å². The van der Waals surface area contributed by atoms with Gasteiger partial charge in [-0.3, -0.25) is 9.59 Å². The summed E-state index contributed by atoms with van der Waals surface area (Å²) in [6.07, 6.45) is 10.7. The van der Waals surface area contributed by atoms with Gasteiger partial charge in [-0.2, -0.15) is 0 Å². The van der Waals surface area contributed by atoms with Gasteiger partial charge in [0.25, 0.3) is 0 Å². The van der Waals surface area contributed by atoms with Crippen LogP contribution in [-0.4, -0.2) is 51.9 Å². The van der Waals surface area contributed by atoms with Crippen LogP contribution in [0.25, 0.3) is 0 Å². The van der Waals surface area contributed by atoms with E-state index < -0.39 is 11.5 Å². The predicted octanol–water partition coefficient (Wildman–Crippen LogP) is 2.29. The fourth-order valence-corrected chi connectivity index (χ4v) is 5.04. The van der Waals surface area contributed by atoms with E-state index in [1.807, 2.05) is 35.2 Å². The van der Waals surface area contributed by atoms with Crippen LogP contribution >= 0.6 is 0 Å². The van der Waals surface area contributed by atoms with Gasteiger partial charge in [0.1, 0.15) is 0 Å². The van der Waals surface area contributed by atoms with Crippen LogP contribution in [-0.2, 0) is 21.4 Å². The number of piperidine rings is 1. The highest BCUT2D eigenvalue weighted by molar-refractivity contribution is 5.89. The summed E-state index contributed by atoms with van der Waals surface area (Å²) >= 11 is 0. The zero-order valence-corrected chi connectivity index (χ0v) is 18.1. The van der Waals surface area contributed by atoms with Gasteiger partial charge in [0.2, 0.25) is 11.8 Å². The van der Waals surface area contributed by atoms with E-state index in [0.717, 1.165) is 24.1 Å². The highest BCUT2D eigenvalue weighted by Gasteiger charge is 2.44. The minimum Gasteiger partial charge on any atom is -0.353 e. The molecule has 1 saturated carbocycles. The fourth-order valence-electron chi connectivity index (χ4n) is 5.04. The molecule has 1 aliphatic carbocycles. The summed E-state index contributed by atoms with van der Waals surface area (Å²) < 4.78 is 0. The lowest BCUT2D eigenvalue weighted by Gasteiger charge is -2.42. The third kappa shape index (κ3) is 4.82. The highest BCUT2D eigenvalue weighted by Crippen LogP contribution is 2.36. The zero-order valence-electron chi connectivity index (χ0n) is 18.1. The van der Waals surface area contributed by atoms with Crippen molar-refractivity contribution in [2.24, 2.45) is 5.73 Å². The second kappa shape index (κ2) is 9.64. The number of nitrogens with two attached hydrogens (primary N) is 1. The summed E-state index contributed by atoms with van der Waals surface area (Å²) in [5, 5.41) is 3.35. The van der Waals surface area contributed by atoms with Crippen LogP contribution in [0.15, 0.2) is 42.9 Å². The molecule has 4 rings (SSSR count). The molecule has 31 heavy (non-hydrogen) atoms. The molecule has 2 aromatic rings. The monoisotopic (exact) mass is 423 g/mol. The molecule has 166 valence electrons.